The first-order valence-electron chi connectivity index (χ1n) is 9.07. The molecule has 0 radical (unpaired) electrons. The summed E-state index contributed by atoms with van der Waals surface area (Å²) in [4.78, 5) is 25.7. The van der Waals surface area contributed by atoms with E-state index in [1.165, 1.54) is 4.88 Å². The Balaban J connectivity index is 1.58. The van der Waals surface area contributed by atoms with E-state index >= 15 is 0 Å². The molecule has 0 aliphatic carbocycles. The van der Waals surface area contributed by atoms with Crippen LogP contribution in [0.4, 0.5) is 5.69 Å². The molecule has 144 valence electrons. The van der Waals surface area contributed by atoms with Crippen LogP contribution < -0.4 is 15.4 Å². The van der Waals surface area contributed by atoms with Crippen LogP contribution in [-0.4, -0.2) is 38.2 Å². The molecule has 0 spiro atoms. The molecule has 0 bridgehead atoms. The standard InChI is InChI=1S/C20H24N2O4S/c1-2-26-16-7-5-15(6-8-16)22-19(24)18(23)21-14-20(9-11-25-12-10-20)17-4-3-13-27-17/h3-8,13H,2,9-12,14H2,1H3,(H,21,23)(H,22,24). The number of carbonyl (C=O) groups is 2. The molecule has 2 aromatic rings. The van der Waals surface area contributed by atoms with Crippen molar-refractivity contribution in [3.63, 3.8) is 0 Å². The Morgan fingerprint density at radius 2 is 1.89 bits per heavy atom. The van der Waals surface area contributed by atoms with Gasteiger partial charge < -0.3 is 20.1 Å². The Hall–Kier alpha value is -2.38. The highest BCUT2D eigenvalue weighted by molar-refractivity contribution is 7.10. The Labute approximate surface area is 162 Å². The second kappa shape index (κ2) is 9.01. The van der Waals surface area contributed by atoms with E-state index in [0.717, 1.165) is 18.6 Å². The third kappa shape index (κ3) is 4.87. The van der Waals surface area contributed by atoms with Crippen LogP contribution in [-0.2, 0) is 19.7 Å². The van der Waals surface area contributed by atoms with Gasteiger partial charge in [-0.1, -0.05) is 6.07 Å². The molecule has 0 saturated carbocycles. The summed E-state index contributed by atoms with van der Waals surface area (Å²) in [6.45, 7) is 4.22. The Kier molecular flexibility index (Phi) is 6.47. The summed E-state index contributed by atoms with van der Waals surface area (Å²) in [7, 11) is 0. The van der Waals surface area contributed by atoms with Gasteiger partial charge in [-0.2, -0.15) is 0 Å². The summed E-state index contributed by atoms with van der Waals surface area (Å²) in [5.41, 5.74) is 0.388. The zero-order valence-corrected chi connectivity index (χ0v) is 16.1. The first kappa shape index (κ1) is 19.4. The van der Waals surface area contributed by atoms with Gasteiger partial charge in [-0.15, -0.1) is 11.3 Å². The predicted molar refractivity (Wildman–Crippen MR) is 105 cm³/mol. The van der Waals surface area contributed by atoms with E-state index in [4.69, 9.17) is 9.47 Å². The molecule has 0 unspecified atom stereocenters. The lowest BCUT2D eigenvalue weighted by atomic mass is 9.78. The summed E-state index contributed by atoms with van der Waals surface area (Å²) in [6, 6.07) is 11.0. The van der Waals surface area contributed by atoms with Crippen molar-refractivity contribution in [1.82, 2.24) is 5.32 Å². The van der Waals surface area contributed by atoms with Gasteiger partial charge in [0.15, 0.2) is 0 Å². The minimum Gasteiger partial charge on any atom is -0.494 e. The SMILES string of the molecule is CCOc1ccc(NC(=O)C(=O)NCC2(c3cccs3)CCOCC2)cc1. The third-order valence-electron chi connectivity index (χ3n) is 4.71. The van der Waals surface area contributed by atoms with Crippen LogP contribution in [0.25, 0.3) is 0 Å². The van der Waals surface area contributed by atoms with Crippen LogP contribution in [0, 0.1) is 0 Å². The van der Waals surface area contributed by atoms with Crippen molar-refractivity contribution in [2.45, 2.75) is 25.2 Å². The number of carbonyl (C=O) groups excluding carboxylic acids is 2. The number of rotatable bonds is 6. The molecule has 1 aromatic heterocycles. The highest BCUT2D eigenvalue weighted by atomic mass is 32.1. The average Bonchev–Trinajstić information content (AvgIpc) is 3.24. The molecule has 1 aliphatic heterocycles. The van der Waals surface area contributed by atoms with Crippen LogP contribution in [0.1, 0.15) is 24.6 Å². The first-order chi connectivity index (χ1) is 13.1. The van der Waals surface area contributed by atoms with Crippen LogP contribution in [0.5, 0.6) is 5.75 Å². The number of thiophene rings is 1. The van der Waals surface area contributed by atoms with E-state index in [9.17, 15) is 9.59 Å². The lowest BCUT2D eigenvalue weighted by molar-refractivity contribution is -0.136. The quantitative estimate of drug-likeness (QED) is 0.746. The van der Waals surface area contributed by atoms with Gasteiger partial charge in [0.25, 0.3) is 0 Å². The molecule has 0 atom stereocenters. The van der Waals surface area contributed by atoms with Crippen molar-refractivity contribution in [2.24, 2.45) is 0 Å². The van der Waals surface area contributed by atoms with E-state index in [1.54, 1.807) is 35.6 Å². The smallest absolute Gasteiger partial charge is 0.313 e. The van der Waals surface area contributed by atoms with Crippen molar-refractivity contribution < 1.29 is 19.1 Å². The number of amides is 2. The van der Waals surface area contributed by atoms with Gasteiger partial charge in [0.05, 0.1) is 6.61 Å². The zero-order valence-electron chi connectivity index (χ0n) is 15.3. The second-order valence-corrected chi connectivity index (χ2v) is 7.41. The van der Waals surface area contributed by atoms with Crippen molar-refractivity contribution in [3.05, 3.63) is 46.7 Å². The molecule has 2 amide bonds. The summed E-state index contributed by atoms with van der Waals surface area (Å²) < 4.78 is 10.8. The third-order valence-corrected chi connectivity index (χ3v) is 5.83. The van der Waals surface area contributed by atoms with Gasteiger partial charge in [0, 0.05) is 35.7 Å². The fourth-order valence-corrected chi connectivity index (χ4v) is 4.16. The molecular weight excluding hydrogens is 364 g/mol. The minimum absolute atomic E-state index is 0.165. The molecule has 1 fully saturated rings. The first-order valence-corrected chi connectivity index (χ1v) is 9.95. The van der Waals surface area contributed by atoms with Gasteiger partial charge in [-0.3, -0.25) is 9.59 Å². The maximum Gasteiger partial charge on any atom is 0.313 e. The molecule has 2 N–H and O–H groups in total. The molecule has 1 aliphatic rings. The molecule has 1 aromatic carbocycles. The molecule has 6 nitrogen and oxygen atoms in total. The highest BCUT2D eigenvalue weighted by Crippen LogP contribution is 2.36. The average molecular weight is 388 g/mol. The topological polar surface area (TPSA) is 76.7 Å². The van der Waals surface area contributed by atoms with Crippen LogP contribution in [0.15, 0.2) is 41.8 Å². The molecule has 7 heteroatoms. The molecule has 1 saturated heterocycles. The molecule has 2 heterocycles. The van der Waals surface area contributed by atoms with Gasteiger partial charge in [0.1, 0.15) is 5.75 Å². The van der Waals surface area contributed by atoms with Crippen LogP contribution in [0.2, 0.25) is 0 Å². The normalized spacial score (nSPS) is 15.7. The van der Waals surface area contributed by atoms with E-state index < -0.39 is 11.8 Å². The molecule has 3 rings (SSSR count). The number of hydrogen-bond donors (Lipinski definition) is 2. The number of benzene rings is 1. The zero-order chi connectivity index (χ0) is 19.1. The number of ether oxygens (including phenoxy) is 2. The van der Waals surface area contributed by atoms with Gasteiger partial charge in [-0.05, 0) is 55.5 Å². The van der Waals surface area contributed by atoms with E-state index in [2.05, 4.69) is 16.7 Å². The van der Waals surface area contributed by atoms with Crippen molar-refractivity contribution in [2.75, 3.05) is 31.7 Å². The van der Waals surface area contributed by atoms with Crippen LogP contribution >= 0.6 is 11.3 Å². The summed E-state index contributed by atoms with van der Waals surface area (Å²) >= 11 is 1.68. The van der Waals surface area contributed by atoms with E-state index in [-0.39, 0.29) is 5.41 Å². The fourth-order valence-electron chi connectivity index (χ4n) is 3.17. The van der Waals surface area contributed by atoms with Crippen LogP contribution in [0.3, 0.4) is 0 Å². The van der Waals surface area contributed by atoms with Crippen molar-refractivity contribution >= 4 is 28.8 Å². The lowest BCUT2D eigenvalue weighted by Gasteiger charge is -2.36. The minimum atomic E-state index is -0.674. The molecular formula is C20H24N2O4S. The monoisotopic (exact) mass is 388 g/mol. The summed E-state index contributed by atoms with van der Waals surface area (Å²) in [5.74, 6) is -0.587. The predicted octanol–water partition coefficient (Wildman–Crippen LogP) is 2.95. The number of hydrogen-bond acceptors (Lipinski definition) is 5. The number of nitrogens with one attached hydrogen (secondary N) is 2. The largest absolute Gasteiger partial charge is 0.494 e. The Morgan fingerprint density at radius 1 is 1.15 bits per heavy atom. The van der Waals surface area contributed by atoms with Gasteiger partial charge >= 0.3 is 11.8 Å². The maximum atomic E-state index is 12.3. The summed E-state index contributed by atoms with van der Waals surface area (Å²) in [5, 5.41) is 7.46. The van der Waals surface area contributed by atoms with Crippen molar-refractivity contribution in [3.8, 4) is 5.75 Å². The van der Waals surface area contributed by atoms with E-state index in [1.807, 2.05) is 18.4 Å². The highest BCUT2D eigenvalue weighted by Gasteiger charge is 2.36. The van der Waals surface area contributed by atoms with E-state index in [0.29, 0.717) is 32.1 Å². The Morgan fingerprint density at radius 3 is 2.52 bits per heavy atom. The van der Waals surface area contributed by atoms with Gasteiger partial charge in [0.2, 0.25) is 0 Å². The number of anilines is 1. The fraction of sp³-hybridized carbons (Fsp3) is 0.400. The molecule has 27 heavy (non-hydrogen) atoms. The maximum absolute atomic E-state index is 12.3. The lowest BCUT2D eigenvalue weighted by Crippen LogP contribution is -2.46. The van der Waals surface area contributed by atoms with Crippen molar-refractivity contribution in [1.29, 1.82) is 0 Å². The Bertz CT molecular complexity index is 753. The second-order valence-electron chi connectivity index (χ2n) is 6.46. The van der Waals surface area contributed by atoms with Gasteiger partial charge in [-0.25, -0.2) is 0 Å². The summed E-state index contributed by atoms with van der Waals surface area (Å²) in [6.07, 6.45) is 1.66.